The van der Waals surface area contributed by atoms with E-state index in [9.17, 15) is 9.59 Å². The Bertz CT molecular complexity index is 1230. The molecule has 1 aliphatic rings. The summed E-state index contributed by atoms with van der Waals surface area (Å²) in [5.41, 5.74) is 0.985. The zero-order valence-corrected chi connectivity index (χ0v) is 19.2. The summed E-state index contributed by atoms with van der Waals surface area (Å²) in [7, 11) is 0. The molecular formula is C24H27N3O6. The first-order chi connectivity index (χ1) is 15.8. The number of rotatable bonds is 7. The van der Waals surface area contributed by atoms with Crippen LogP contribution in [0.1, 0.15) is 31.9 Å². The van der Waals surface area contributed by atoms with Crippen LogP contribution in [0.5, 0.6) is 17.2 Å². The highest BCUT2D eigenvalue weighted by Gasteiger charge is 2.32. The molecule has 0 N–H and O–H groups in total. The number of nitrogens with zero attached hydrogens (tertiary/aromatic N) is 3. The molecule has 1 aromatic heterocycles. The van der Waals surface area contributed by atoms with Crippen molar-refractivity contribution >= 4 is 5.97 Å². The van der Waals surface area contributed by atoms with Crippen LogP contribution in [-0.4, -0.2) is 45.7 Å². The van der Waals surface area contributed by atoms with Crippen LogP contribution in [0.2, 0.25) is 0 Å². The first-order valence-corrected chi connectivity index (χ1v) is 10.8. The molecule has 0 aliphatic carbocycles. The van der Waals surface area contributed by atoms with E-state index in [2.05, 4.69) is 5.10 Å². The minimum Gasteiger partial charge on any atom is -0.486 e. The number of hydrogen-bond donors (Lipinski definition) is 0. The molecule has 0 amide bonds. The van der Waals surface area contributed by atoms with Crippen molar-refractivity contribution in [3.63, 3.8) is 0 Å². The van der Waals surface area contributed by atoms with Gasteiger partial charge in [-0.05, 0) is 57.0 Å². The smallest absolute Gasteiger partial charge is 0.350 e. The largest absolute Gasteiger partial charge is 0.486 e. The summed E-state index contributed by atoms with van der Waals surface area (Å²) in [6.45, 7) is 8.54. The maximum atomic E-state index is 12.9. The normalized spacial score (nSPS) is 13.0. The van der Waals surface area contributed by atoms with Crippen LogP contribution >= 0.6 is 0 Å². The van der Waals surface area contributed by atoms with Gasteiger partial charge in [-0.25, -0.2) is 18.8 Å². The van der Waals surface area contributed by atoms with Crippen molar-refractivity contribution in [1.29, 1.82) is 0 Å². The molecule has 0 saturated heterocycles. The lowest BCUT2D eigenvalue weighted by Gasteiger charge is -2.25. The number of carbonyl (C=O) groups excluding carboxylic acids is 1. The van der Waals surface area contributed by atoms with Crippen molar-refractivity contribution in [2.75, 3.05) is 19.8 Å². The molecular weight excluding hydrogens is 426 g/mol. The Morgan fingerprint density at radius 2 is 1.88 bits per heavy atom. The third kappa shape index (κ3) is 4.72. The number of esters is 1. The van der Waals surface area contributed by atoms with E-state index in [0.29, 0.717) is 42.7 Å². The Morgan fingerprint density at radius 1 is 1.12 bits per heavy atom. The van der Waals surface area contributed by atoms with Gasteiger partial charge in [0.25, 0.3) is 0 Å². The molecule has 3 aromatic rings. The maximum Gasteiger partial charge on any atom is 0.350 e. The number of ether oxygens (including phenoxy) is 4. The molecule has 1 aliphatic heterocycles. The first-order valence-electron chi connectivity index (χ1n) is 10.8. The first kappa shape index (κ1) is 22.4. The molecule has 174 valence electrons. The van der Waals surface area contributed by atoms with Gasteiger partial charge < -0.3 is 18.9 Å². The second-order valence-corrected chi connectivity index (χ2v) is 8.20. The van der Waals surface area contributed by atoms with Gasteiger partial charge in [0, 0.05) is 6.07 Å². The van der Waals surface area contributed by atoms with E-state index in [-0.39, 0.29) is 12.3 Å². The zero-order valence-electron chi connectivity index (χ0n) is 19.2. The molecule has 0 atom stereocenters. The SMILES string of the molecule is CCOC(=O)C(C)(C)Oc1ccc(Cn2ncn(-c3ccc4c(c3)OCCO4)c2=O)cc1C. The molecule has 0 saturated carbocycles. The Hall–Kier alpha value is -3.75. The number of aromatic nitrogens is 3. The summed E-state index contributed by atoms with van der Waals surface area (Å²) in [6.07, 6.45) is 1.49. The highest BCUT2D eigenvalue weighted by Crippen LogP contribution is 2.31. The molecule has 0 spiro atoms. The van der Waals surface area contributed by atoms with Crippen LogP contribution < -0.4 is 19.9 Å². The summed E-state index contributed by atoms with van der Waals surface area (Å²) in [4.78, 5) is 25.0. The van der Waals surface area contributed by atoms with E-state index in [1.165, 1.54) is 15.6 Å². The monoisotopic (exact) mass is 453 g/mol. The second kappa shape index (κ2) is 9.01. The van der Waals surface area contributed by atoms with Gasteiger partial charge in [-0.2, -0.15) is 5.10 Å². The van der Waals surface area contributed by atoms with Gasteiger partial charge in [0.2, 0.25) is 0 Å². The number of fused-ring (bicyclic) bond motifs is 1. The lowest BCUT2D eigenvalue weighted by Crippen LogP contribution is -2.39. The van der Waals surface area contributed by atoms with Gasteiger partial charge in [-0.15, -0.1) is 0 Å². The van der Waals surface area contributed by atoms with Crippen LogP contribution in [0.15, 0.2) is 47.5 Å². The molecule has 2 aromatic carbocycles. The summed E-state index contributed by atoms with van der Waals surface area (Å²) >= 11 is 0. The lowest BCUT2D eigenvalue weighted by molar-refractivity contribution is -0.158. The quantitative estimate of drug-likeness (QED) is 0.508. The third-order valence-corrected chi connectivity index (χ3v) is 5.24. The molecule has 0 fully saturated rings. The fraction of sp³-hybridized carbons (Fsp3) is 0.375. The fourth-order valence-electron chi connectivity index (χ4n) is 3.52. The number of carbonyl (C=O) groups is 1. The fourth-order valence-corrected chi connectivity index (χ4v) is 3.52. The van der Waals surface area contributed by atoms with Crippen LogP contribution in [-0.2, 0) is 16.1 Å². The summed E-state index contributed by atoms with van der Waals surface area (Å²) in [5, 5.41) is 4.26. The summed E-state index contributed by atoms with van der Waals surface area (Å²) < 4.78 is 25.0. The number of benzene rings is 2. The molecule has 4 rings (SSSR count). The molecule has 33 heavy (non-hydrogen) atoms. The van der Waals surface area contributed by atoms with Crippen molar-refractivity contribution in [1.82, 2.24) is 14.3 Å². The zero-order chi connectivity index (χ0) is 23.6. The summed E-state index contributed by atoms with van der Waals surface area (Å²) in [6, 6.07) is 10.9. The predicted molar refractivity (Wildman–Crippen MR) is 120 cm³/mol. The van der Waals surface area contributed by atoms with E-state index >= 15 is 0 Å². The highest BCUT2D eigenvalue weighted by molar-refractivity contribution is 5.79. The van der Waals surface area contributed by atoms with Crippen LogP contribution in [0.3, 0.4) is 0 Å². The minimum absolute atomic E-state index is 0.270. The van der Waals surface area contributed by atoms with Crippen LogP contribution in [0.25, 0.3) is 5.69 Å². The number of hydrogen-bond acceptors (Lipinski definition) is 7. The van der Waals surface area contributed by atoms with Crippen LogP contribution in [0.4, 0.5) is 0 Å². The van der Waals surface area contributed by atoms with E-state index < -0.39 is 11.6 Å². The standard InChI is InChI=1S/C24H27N3O6/c1-5-30-22(28)24(3,4)33-19-8-6-17(12-16(19)2)14-27-23(29)26(15-25-27)18-7-9-20-21(13-18)32-11-10-31-20/h6-9,12-13,15H,5,10-11,14H2,1-4H3. The van der Waals surface area contributed by atoms with Gasteiger partial charge in [0.15, 0.2) is 17.1 Å². The van der Waals surface area contributed by atoms with Crippen molar-refractivity contribution < 1.29 is 23.7 Å². The van der Waals surface area contributed by atoms with E-state index in [0.717, 1.165) is 11.1 Å². The Morgan fingerprint density at radius 3 is 2.61 bits per heavy atom. The average molecular weight is 453 g/mol. The van der Waals surface area contributed by atoms with Gasteiger partial charge in [-0.3, -0.25) is 0 Å². The maximum absolute atomic E-state index is 12.9. The average Bonchev–Trinajstić information content (AvgIpc) is 3.15. The third-order valence-electron chi connectivity index (χ3n) is 5.24. The van der Waals surface area contributed by atoms with Gasteiger partial charge in [-0.1, -0.05) is 12.1 Å². The predicted octanol–water partition coefficient (Wildman–Crippen LogP) is 2.88. The Labute approximate surface area is 191 Å². The topological polar surface area (TPSA) is 93.8 Å². The highest BCUT2D eigenvalue weighted by atomic mass is 16.6. The van der Waals surface area contributed by atoms with Gasteiger partial charge in [0.1, 0.15) is 25.3 Å². The van der Waals surface area contributed by atoms with Crippen molar-refractivity contribution in [3.8, 4) is 22.9 Å². The van der Waals surface area contributed by atoms with Crippen molar-refractivity contribution in [3.05, 3.63) is 64.3 Å². The van der Waals surface area contributed by atoms with Crippen LogP contribution in [0, 0.1) is 6.92 Å². The molecule has 2 heterocycles. The summed E-state index contributed by atoms with van der Waals surface area (Å²) in [5.74, 6) is 1.42. The molecule has 0 radical (unpaired) electrons. The molecule has 0 unspecified atom stereocenters. The van der Waals surface area contributed by atoms with E-state index in [1.807, 2.05) is 19.1 Å². The lowest BCUT2D eigenvalue weighted by atomic mass is 10.1. The van der Waals surface area contributed by atoms with Crippen molar-refractivity contribution in [2.24, 2.45) is 0 Å². The Balaban J connectivity index is 1.51. The van der Waals surface area contributed by atoms with Gasteiger partial charge >= 0.3 is 11.7 Å². The molecule has 0 bridgehead atoms. The van der Waals surface area contributed by atoms with Crippen molar-refractivity contribution in [2.45, 2.75) is 39.8 Å². The van der Waals surface area contributed by atoms with E-state index in [4.69, 9.17) is 18.9 Å². The number of aryl methyl sites for hydroxylation is 1. The molecule has 9 nitrogen and oxygen atoms in total. The minimum atomic E-state index is -1.11. The Kier molecular flexibility index (Phi) is 6.13. The second-order valence-electron chi connectivity index (χ2n) is 8.20. The van der Waals surface area contributed by atoms with Gasteiger partial charge in [0.05, 0.1) is 18.8 Å². The molecule has 9 heteroatoms. The van der Waals surface area contributed by atoms with E-state index in [1.54, 1.807) is 45.0 Å².